The van der Waals surface area contributed by atoms with Gasteiger partial charge in [-0.1, -0.05) is 30.3 Å². The fourth-order valence-corrected chi connectivity index (χ4v) is 3.20. The summed E-state index contributed by atoms with van der Waals surface area (Å²) in [5, 5.41) is 14.3. The minimum Gasteiger partial charge on any atom is -0.368 e. The quantitative estimate of drug-likeness (QED) is 0.357. The molecule has 144 valence electrons. The Labute approximate surface area is 161 Å². The van der Waals surface area contributed by atoms with Gasteiger partial charge in [-0.3, -0.25) is 29.4 Å². The molecule has 1 heterocycles. The van der Waals surface area contributed by atoms with E-state index < -0.39 is 16.9 Å². The summed E-state index contributed by atoms with van der Waals surface area (Å²) in [6.45, 7) is 3.45. The van der Waals surface area contributed by atoms with Crippen LogP contribution in [0.15, 0.2) is 48.5 Å². The Morgan fingerprint density at radius 3 is 2.39 bits per heavy atom. The van der Waals surface area contributed by atoms with Gasteiger partial charge in [0.25, 0.3) is 11.6 Å². The topological polar surface area (TPSA) is 110 Å². The number of nitro groups is 1. The lowest BCUT2D eigenvalue weighted by atomic mass is 10.0. The Morgan fingerprint density at radius 1 is 1.14 bits per heavy atom. The first-order valence-corrected chi connectivity index (χ1v) is 8.80. The average Bonchev–Trinajstić information content (AvgIpc) is 2.95. The second kappa shape index (κ2) is 7.59. The fraction of sp³-hybridized carbons (Fsp3) is 0.250. The van der Waals surface area contributed by atoms with Crippen molar-refractivity contribution in [3.63, 3.8) is 0 Å². The van der Waals surface area contributed by atoms with Crippen molar-refractivity contribution < 1.29 is 19.3 Å². The maximum Gasteiger partial charge on any atom is 0.293 e. The van der Waals surface area contributed by atoms with Crippen LogP contribution in [0.2, 0.25) is 0 Å². The van der Waals surface area contributed by atoms with Crippen molar-refractivity contribution in [1.29, 1.82) is 0 Å². The molecule has 2 aromatic carbocycles. The number of likely N-dealkylation sites (tertiary alicyclic amines) is 1. The van der Waals surface area contributed by atoms with Crippen LogP contribution in [0.4, 0.5) is 11.4 Å². The molecule has 1 unspecified atom stereocenters. The number of ketones is 1. The van der Waals surface area contributed by atoms with Crippen LogP contribution in [0.5, 0.6) is 0 Å². The van der Waals surface area contributed by atoms with Crippen LogP contribution in [0.3, 0.4) is 0 Å². The highest BCUT2D eigenvalue weighted by Gasteiger charge is 2.40. The Kier molecular flexibility index (Phi) is 5.21. The van der Waals surface area contributed by atoms with E-state index >= 15 is 0 Å². The van der Waals surface area contributed by atoms with Crippen LogP contribution in [0, 0.1) is 10.1 Å². The van der Waals surface area contributed by atoms with E-state index in [2.05, 4.69) is 5.32 Å². The predicted molar refractivity (Wildman–Crippen MR) is 102 cm³/mol. The number of rotatable bonds is 6. The van der Waals surface area contributed by atoms with Gasteiger partial charge in [0.05, 0.1) is 11.3 Å². The molecule has 1 atom stereocenters. The Morgan fingerprint density at radius 2 is 1.82 bits per heavy atom. The van der Waals surface area contributed by atoms with Gasteiger partial charge in [-0.25, -0.2) is 0 Å². The van der Waals surface area contributed by atoms with Gasteiger partial charge in [-0.05, 0) is 26.0 Å². The van der Waals surface area contributed by atoms with E-state index in [1.165, 1.54) is 18.2 Å². The third-order valence-corrected chi connectivity index (χ3v) is 4.52. The van der Waals surface area contributed by atoms with Crippen molar-refractivity contribution in [3.8, 4) is 0 Å². The fourth-order valence-electron chi connectivity index (χ4n) is 3.20. The first kappa shape index (κ1) is 19.2. The minimum atomic E-state index is -0.871. The van der Waals surface area contributed by atoms with Crippen LogP contribution >= 0.6 is 0 Å². The number of carbonyl (C=O) groups excluding carboxylic acids is 3. The second-order valence-electron chi connectivity index (χ2n) is 6.78. The van der Waals surface area contributed by atoms with Crippen molar-refractivity contribution in [3.05, 3.63) is 69.8 Å². The summed E-state index contributed by atoms with van der Waals surface area (Å²) in [6, 6.07) is 11.3. The van der Waals surface area contributed by atoms with Gasteiger partial charge in [0.15, 0.2) is 5.78 Å². The number of nitrogens with one attached hydrogen (secondary N) is 1. The lowest BCUT2D eigenvalue weighted by molar-refractivity contribution is -0.384. The van der Waals surface area contributed by atoms with E-state index in [1.807, 2.05) is 0 Å². The summed E-state index contributed by atoms with van der Waals surface area (Å²) in [7, 11) is 0. The number of nitrogens with zero attached hydrogens (tertiary/aromatic N) is 2. The molecule has 3 rings (SSSR count). The third-order valence-electron chi connectivity index (χ3n) is 4.52. The molecule has 0 radical (unpaired) electrons. The average molecular weight is 381 g/mol. The molecule has 0 spiro atoms. The normalized spacial score (nSPS) is 16.5. The molecule has 0 saturated carbocycles. The van der Waals surface area contributed by atoms with Gasteiger partial charge in [0.1, 0.15) is 11.7 Å². The summed E-state index contributed by atoms with van der Waals surface area (Å²) in [6.07, 6.45) is -0.0706. The number of amides is 2. The molecule has 2 aromatic rings. The molecule has 1 aliphatic heterocycles. The van der Waals surface area contributed by atoms with E-state index in [0.29, 0.717) is 5.56 Å². The first-order valence-electron chi connectivity index (χ1n) is 8.80. The molecule has 1 fully saturated rings. The number of benzene rings is 2. The Bertz CT molecular complexity index is 956. The van der Waals surface area contributed by atoms with E-state index in [0.717, 1.165) is 4.90 Å². The number of hydrogen-bond acceptors (Lipinski definition) is 6. The number of imide groups is 1. The van der Waals surface area contributed by atoms with Gasteiger partial charge in [0.2, 0.25) is 5.91 Å². The Hall–Kier alpha value is -3.55. The highest BCUT2D eigenvalue weighted by molar-refractivity contribution is 6.10. The summed E-state index contributed by atoms with van der Waals surface area (Å²) in [5.74, 6) is -1.08. The van der Waals surface area contributed by atoms with Crippen LogP contribution < -0.4 is 5.32 Å². The van der Waals surface area contributed by atoms with Gasteiger partial charge >= 0.3 is 0 Å². The van der Waals surface area contributed by atoms with Crippen LogP contribution in [-0.2, 0) is 9.59 Å². The third kappa shape index (κ3) is 3.62. The van der Waals surface area contributed by atoms with Crippen molar-refractivity contribution in [1.82, 2.24) is 4.90 Å². The van der Waals surface area contributed by atoms with Crippen molar-refractivity contribution in [2.75, 3.05) is 5.32 Å². The van der Waals surface area contributed by atoms with Gasteiger partial charge in [-0.2, -0.15) is 0 Å². The molecule has 8 heteroatoms. The zero-order valence-corrected chi connectivity index (χ0v) is 15.4. The number of anilines is 1. The first-order chi connectivity index (χ1) is 13.3. The molecule has 8 nitrogen and oxygen atoms in total. The zero-order chi connectivity index (χ0) is 20.4. The van der Waals surface area contributed by atoms with Crippen LogP contribution in [0.25, 0.3) is 0 Å². The van der Waals surface area contributed by atoms with Gasteiger partial charge in [-0.15, -0.1) is 0 Å². The molecular weight excluding hydrogens is 362 g/mol. The molecule has 1 saturated heterocycles. The smallest absolute Gasteiger partial charge is 0.293 e. The maximum atomic E-state index is 12.5. The summed E-state index contributed by atoms with van der Waals surface area (Å²) in [4.78, 5) is 49.0. The van der Waals surface area contributed by atoms with E-state index in [-0.39, 0.29) is 41.1 Å². The largest absolute Gasteiger partial charge is 0.368 e. The van der Waals surface area contributed by atoms with Crippen LogP contribution in [-0.4, -0.2) is 39.5 Å². The zero-order valence-electron chi connectivity index (χ0n) is 15.4. The van der Waals surface area contributed by atoms with E-state index in [4.69, 9.17) is 0 Å². The Balaban J connectivity index is 1.89. The molecule has 0 aliphatic carbocycles. The molecule has 1 aliphatic rings. The van der Waals surface area contributed by atoms with E-state index in [9.17, 15) is 24.5 Å². The SMILES string of the molecule is CC(C)N1C(=O)CC(Nc2ccc(C(=O)c3ccccc3)cc2[N+](=O)[O-])C1=O. The second-order valence-corrected chi connectivity index (χ2v) is 6.78. The molecule has 1 N–H and O–H groups in total. The maximum absolute atomic E-state index is 12.5. The molecule has 2 amide bonds. The summed E-state index contributed by atoms with van der Waals surface area (Å²) < 4.78 is 0. The van der Waals surface area contributed by atoms with Crippen molar-refractivity contribution >= 4 is 29.0 Å². The molecule has 0 aromatic heterocycles. The highest BCUT2D eigenvalue weighted by atomic mass is 16.6. The van der Waals surface area contributed by atoms with Crippen LogP contribution in [0.1, 0.15) is 36.2 Å². The number of hydrogen-bond donors (Lipinski definition) is 1. The summed E-state index contributed by atoms with van der Waals surface area (Å²) >= 11 is 0. The minimum absolute atomic E-state index is 0.0706. The van der Waals surface area contributed by atoms with Gasteiger partial charge in [0, 0.05) is 23.2 Å². The van der Waals surface area contributed by atoms with Gasteiger partial charge < -0.3 is 5.32 Å². The lowest BCUT2D eigenvalue weighted by Gasteiger charge is -2.19. The number of carbonyl (C=O) groups is 3. The number of nitro benzene ring substituents is 1. The lowest BCUT2D eigenvalue weighted by Crippen LogP contribution is -2.39. The predicted octanol–water partition coefficient (Wildman–Crippen LogP) is 2.77. The van der Waals surface area contributed by atoms with E-state index in [1.54, 1.807) is 44.2 Å². The van der Waals surface area contributed by atoms with Crippen molar-refractivity contribution in [2.45, 2.75) is 32.4 Å². The molecular formula is C20H19N3O5. The standard InChI is InChI=1S/C20H19N3O5/c1-12(2)22-18(24)11-16(20(22)26)21-15-9-8-14(10-17(15)23(27)28)19(25)13-6-4-3-5-7-13/h3-10,12,16,21H,11H2,1-2H3. The molecule has 28 heavy (non-hydrogen) atoms. The molecule has 0 bridgehead atoms. The highest BCUT2D eigenvalue weighted by Crippen LogP contribution is 2.29. The van der Waals surface area contributed by atoms with Crippen molar-refractivity contribution in [2.24, 2.45) is 0 Å². The monoisotopic (exact) mass is 381 g/mol. The summed E-state index contributed by atoms with van der Waals surface area (Å²) in [5.41, 5.74) is 0.346.